The van der Waals surface area contributed by atoms with E-state index in [-0.39, 0.29) is 0 Å². The first-order chi connectivity index (χ1) is 9.15. The second-order valence-electron chi connectivity index (χ2n) is 4.59. The number of aryl methyl sites for hydroxylation is 1. The Hall–Kier alpha value is -1.58. The lowest BCUT2D eigenvalue weighted by Crippen LogP contribution is -2.40. The molecule has 0 bridgehead atoms. The average molecular weight is 289 g/mol. The predicted octanol–water partition coefficient (Wildman–Crippen LogP) is 4.02. The van der Waals surface area contributed by atoms with Crippen molar-refractivity contribution in [3.05, 3.63) is 58.6 Å². The summed E-state index contributed by atoms with van der Waals surface area (Å²) in [5.74, 6) is 0. The van der Waals surface area contributed by atoms with Crippen molar-refractivity contribution in [1.82, 2.24) is 5.32 Å². The fraction of sp³-hybridized carbons (Fsp3) is 0.133. The van der Waals surface area contributed by atoms with Crippen molar-refractivity contribution in [2.24, 2.45) is 0 Å². The van der Waals surface area contributed by atoms with Crippen LogP contribution in [-0.4, -0.2) is 11.7 Å². The summed E-state index contributed by atoms with van der Waals surface area (Å²) in [6.07, 6.45) is 0. The molecule has 0 fully saturated rings. The number of thiocarbonyl (C=S) groups is 1. The number of anilines is 2. The van der Waals surface area contributed by atoms with Gasteiger partial charge >= 0.3 is 0 Å². The number of benzene rings is 2. The van der Waals surface area contributed by atoms with Crippen LogP contribution in [0.4, 0.5) is 11.4 Å². The molecule has 0 spiro atoms. The van der Waals surface area contributed by atoms with E-state index in [1.165, 1.54) is 5.56 Å². The largest absolute Gasteiger partial charge is 0.358 e. The number of hydrogen-bond acceptors (Lipinski definition) is 2. The molecule has 1 heterocycles. The van der Waals surface area contributed by atoms with Crippen LogP contribution in [0, 0.1) is 6.92 Å². The molecule has 0 aromatic heterocycles. The molecule has 1 aliphatic rings. The monoisotopic (exact) mass is 288 g/mol. The zero-order valence-electron chi connectivity index (χ0n) is 10.5. The molecule has 2 aromatic carbocycles. The van der Waals surface area contributed by atoms with E-state index < -0.39 is 0 Å². The maximum atomic E-state index is 6.11. The van der Waals surface area contributed by atoms with Crippen LogP contribution in [0.25, 0.3) is 0 Å². The van der Waals surface area contributed by atoms with Gasteiger partial charge in [0.2, 0.25) is 0 Å². The van der Waals surface area contributed by atoms with Crippen LogP contribution < -0.4 is 10.2 Å². The summed E-state index contributed by atoms with van der Waals surface area (Å²) in [6.45, 7) is 2.74. The second kappa shape index (κ2) is 4.83. The molecule has 4 heteroatoms. The summed E-state index contributed by atoms with van der Waals surface area (Å²) in [7, 11) is 0. The molecule has 2 aromatic rings. The van der Waals surface area contributed by atoms with Crippen LogP contribution in [-0.2, 0) is 0 Å². The first-order valence-electron chi connectivity index (χ1n) is 6.07. The van der Waals surface area contributed by atoms with Crippen molar-refractivity contribution in [3.63, 3.8) is 0 Å². The number of fused-ring (bicyclic) bond motifs is 1. The van der Waals surface area contributed by atoms with Gasteiger partial charge in [0.05, 0.1) is 12.4 Å². The molecule has 0 atom stereocenters. The van der Waals surface area contributed by atoms with Gasteiger partial charge in [-0.15, -0.1) is 0 Å². The second-order valence-corrected chi connectivity index (χ2v) is 5.43. The lowest BCUT2D eigenvalue weighted by Gasteiger charge is -2.32. The Morgan fingerprint density at radius 2 is 1.89 bits per heavy atom. The Labute approximate surface area is 123 Å². The van der Waals surface area contributed by atoms with Crippen molar-refractivity contribution < 1.29 is 0 Å². The number of halogens is 1. The van der Waals surface area contributed by atoms with Gasteiger partial charge < -0.3 is 10.2 Å². The molecule has 0 saturated carbocycles. The predicted molar refractivity (Wildman–Crippen MR) is 84.5 cm³/mol. The molecule has 1 N–H and O–H groups in total. The highest BCUT2D eigenvalue weighted by Gasteiger charge is 2.21. The first kappa shape index (κ1) is 12.5. The van der Waals surface area contributed by atoms with E-state index >= 15 is 0 Å². The molecule has 19 heavy (non-hydrogen) atoms. The van der Waals surface area contributed by atoms with Gasteiger partial charge in [0.1, 0.15) is 4.99 Å². The summed E-state index contributed by atoms with van der Waals surface area (Å²) < 4.78 is 0. The van der Waals surface area contributed by atoms with Gasteiger partial charge in [0.25, 0.3) is 0 Å². The molecule has 3 rings (SSSR count). The lowest BCUT2D eigenvalue weighted by molar-refractivity contribution is 0.866. The minimum Gasteiger partial charge on any atom is -0.358 e. The van der Waals surface area contributed by atoms with E-state index in [1.54, 1.807) is 0 Å². The third-order valence-corrected chi connectivity index (χ3v) is 3.84. The molecule has 0 saturated heterocycles. The standard InChI is InChI=1S/C15H13ClN2S/c1-10-2-5-12(6-3-10)18-9-17-15(19)13-7-4-11(16)8-14(13)18/h2-8H,9H2,1H3,(H,17,19). The van der Waals surface area contributed by atoms with Gasteiger partial charge in [-0.3, -0.25) is 0 Å². The van der Waals surface area contributed by atoms with Gasteiger partial charge in [-0.2, -0.15) is 0 Å². The zero-order valence-corrected chi connectivity index (χ0v) is 12.1. The van der Waals surface area contributed by atoms with Crippen LogP contribution in [0.1, 0.15) is 11.1 Å². The molecule has 0 radical (unpaired) electrons. The van der Waals surface area contributed by atoms with Crippen LogP contribution in [0.3, 0.4) is 0 Å². The normalized spacial score (nSPS) is 14.0. The van der Waals surface area contributed by atoms with Crippen LogP contribution in [0.2, 0.25) is 5.02 Å². The fourth-order valence-corrected chi connectivity index (χ4v) is 2.61. The minimum atomic E-state index is 0.662. The Morgan fingerprint density at radius 1 is 1.16 bits per heavy atom. The smallest absolute Gasteiger partial charge is 0.110 e. The van der Waals surface area contributed by atoms with Crippen molar-refractivity contribution >= 4 is 40.2 Å². The van der Waals surface area contributed by atoms with Crippen LogP contribution >= 0.6 is 23.8 Å². The van der Waals surface area contributed by atoms with Gasteiger partial charge in [-0.25, -0.2) is 0 Å². The first-order valence-corrected chi connectivity index (χ1v) is 6.86. The molecule has 96 valence electrons. The van der Waals surface area contributed by atoms with E-state index in [1.807, 2.05) is 18.2 Å². The van der Waals surface area contributed by atoms with Crippen LogP contribution in [0.15, 0.2) is 42.5 Å². The summed E-state index contributed by atoms with van der Waals surface area (Å²) in [5, 5.41) is 3.96. The van der Waals surface area contributed by atoms with Crippen LogP contribution in [0.5, 0.6) is 0 Å². The summed E-state index contributed by atoms with van der Waals surface area (Å²) in [5.41, 5.74) is 4.45. The Kier molecular flexibility index (Phi) is 3.17. The molecular weight excluding hydrogens is 276 g/mol. The maximum absolute atomic E-state index is 6.11. The minimum absolute atomic E-state index is 0.662. The highest BCUT2D eigenvalue weighted by Crippen LogP contribution is 2.33. The number of rotatable bonds is 1. The van der Waals surface area contributed by atoms with Gasteiger partial charge in [0, 0.05) is 16.3 Å². The Morgan fingerprint density at radius 3 is 2.63 bits per heavy atom. The van der Waals surface area contributed by atoms with Crippen molar-refractivity contribution in [2.45, 2.75) is 6.92 Å². The molecule has 0 amide bonds. The molecule has 2 nitrogen and oxygen atoms in total. The number of hydrogen-bond donors (Lipinski definition) is 1. The average Bonchev–Trinajstić information content (AvgIpc) is 2.40. The summed E-state index contributed by atoms with van der Waals surface area (Å²) in [6, 6.07) is 14.2. The number of nitrogens with one attached hydrogen (secondary N) is 1. The van der Waals surface area contributed by atoms with E-state index in [0.29, 0.717) is 6.67 Å². The van der Waals surface area contributed by atoms with Crippen molar-refractivity contribution in [3.8, 4) is 0 Å². The summed E-state index contributed by atoms with van der Waals surface area (Å²) >= 11 is 11.5. The molecule has 0 aliphatic carbocycles. The lowest BCUT2D eigenvalue weighted by atomic mass is 10.1. The molecular formula is C15H13ClN2S. The van der Waals surface area contributed by atoms with E-state index in [4.69, 9.17) is 23.8 Å². The van der Waals surface area contributed by atoms with Gasteiger partial charge in [-0.1, -0.05) is 41.5 Å². The molecule has 0 unspecified atom stereocenters. The molecule has 1 aliphatic heterocycles. The van der Waals surface area contributed by atoms with Gasteiger partial charge in [0.15, 0.2) is 0 Å². The summed E-state index contributed by atoms with van der Waals surface area (Å²) in [4.78, 5) is 2.95. The Bertz CT molecular complexity index is 637. The van der Waals surface area contributed by atoms with E-state index in [2.05, 4.69) is 41.4 Å². The van der Waals surface area contributed by atoms with Crippen molar-refractivity contribution in [1.29, 1.82) is 0 Å². The van der Waals surface area contributed by atoms with Crippen molar-refractivity contribution in [2.75, 3.05) is 11.6 Å². The third kappa shape index (κ3) is 2.31. The highest BCUT2D eigenvalue weighted by atomic mass is 35.5. The zero-order chi connectivity index (χ0) is 13.4. The fourth-order valence-electron chi connectivity index (χ4n) is 2.21. The quantitative estimate of drug-likeness (QED) is 0.798. The third-order valence-electron chi connectivity index (χ3n) is 3.24. The topological polar surface area (TPSA) is 15.3 Å². The highest BCUT2D eigenvalue weighted by molar-refractivity contribution is 7.80. The van der Waals surface area contributed by atoms with E-state index in [0.717, 1.165) is 26.9 Å². The maximum Gasteiger partial charge on any atom is 0.110 e. The van der Waals surface area contributed by atoms with E-state index in [9.17, 15) is 0 Å². The van der Waals surface area contributed by atoms with Gasteiger partial charge in [-0.05, 0) is 37.3 Å². The SMILES string of the molecule is Cc1ccc(N2CNC(=S)c3ccc(Cl)cc32)cc1. The number of nitrogens with zero attached hydrogens (tertiary/aromatic N) is 1. The Balaban J connectivity index is 2.10.